The number of carbonyl (C=O) groups is 3. The molecule has 0 aliphatic heterocycles. The molecule has 3 aliphatic carbocycles. The maximum absolute atomic E-state index is 13.6. The van der Waals surface area contributed by atoms with Crippen LogP contribution >= 0.6 is 0 Å². The van der Waals surface area contributed by atoms with Crippen molar-refractivity contribution in [3.63, 3.8) is 0 Å². The zero-order valence-corrected chi connectivity index (χ0v) is 19.3. The summed E-state index contributed by atoms with van der Waals surface area (Å²) < 4.78 is 5.40. The molecule has 1 aromatic heterocycles. The number of benzene rings is 1. The number of aliphatic hydroxyl groups is 3. The van der Waals surface area contributed by atoms with E-state index in [4.69, 9.17) is 16.0 Å². The summed E-state index contributed by atoms with van der Waals surface area (Å²) in [6.45, 7) is 3.78. The van der Waals surface area contributed by atoms with Gasteiger partial charge in [0.1, 0.15) is 22.8 Å². The number of aromatic hydroxyl groups is 1. The number of nitrogens with two attached hydrogens (primary N) is 2. The van der Waals surface area contributed by atoms with Gasteiger partial charge in [-0.1, -0.05) is 19.0 Å². The Bertz CT molecular complexity index is 1420. The van der Waals surface area contributed by atoms with Gasteiger partial charge in [0, 0.05) is 23.0 Å². The molecule has 12 nitrogen and oxygen atoms in total. The lowest BCUT2D eigenvalue weighted by molar-refractivity contribution is -0.149. The number of phenolic OH excluding ortho intramolecular Hbond substituents is 1. The average Bonchev–Trinajstić information content (AvgIpc) is 3.30. The highest BCUT2D eigenvalue weighted by Gasteiger charge is 2.63. The molecule has 0 radical (unpaired) electrons. The number of carbonyl (C=O) groups excluding carboxylic acids is 3. The Morgan fingerprint density at radius 2 is 1.92 bits per heavy atom. The van der Waals surface area contributed by atoms with Gasteiger partial charge in [-0.2, -0.15) is 4.98 Å². The zero-order valence-electron chi connectivity index (χ0n) is 19.3. The number of nitrogens with zero attached hydrogens (tertiary/aromatic N) is 2. The first-order chi connectivity index (χ1) is 16.9. The summed E-state index contributed by atoms with van der Waals surface area (Å²) in [6, 6.07) is 1.34. The van der Waals surface area contributed by atoms with Gasteiger partial charge in [-0.05, 0) is 36.5 Å². The lowest BCUT2D eigenvalue weighted by atomic mass is 9.57. The number of hydrogen-bond acceptors (Lipinski definition) is 11. The lowest BCUT2D eigenvalue weighted by Crippen LogP contribution is -2.65. The lowest BCUT2D eigenvalue weighted by Gasteiger charge is -2.48. The van der Waals surface area contributed by atoms with E-state index in [0.717, 1.165) is 0 Å². The summed E-state index contributed by atoms with van der Waals surface area (Å²) in [5.74, 6) is -7.03. The highest BCUT2D eigenvalue weighted by atomic mass is 16.5. The molecule has 3 aliphatic rings. The van der Waals surface area contributed by atoms with Crippen LogP contribution in [0.1, 0.15) is 43.1 Å². The molecule has 188 valence electrons. The Morgan fingerprint density at radius 1 is 1.22 bits per heavy atom. The van der Waals surface area contributed by atoms with E-state index in [1.165, 1.54) is 6.07 Å². The average molecular weight is 496 g/mol. The predicted molar refractivity (Wildman–Crippen MR) is 122 cm³/mol. The molecule has 1 saturated carbocycles. The van der Waals surface area contributed by atoms with Gasteiger partial charge in [0.05, 0.1) is 11.6 Å². The third kappa shape index (κ3) is 2.97. The fourth-order valence-electron chi connectivity index (χ4n) is 5.50. The minimum Gasteiger partial charge on any atom is -0.508 e. The van der Waals surface area contributed by atoms with Crippen molar-refractivity contribution in [2.24, 2.45) is 23.3 Å². The van der Waals surface area contributed by atoms with Crippen molar-refractivity contribution in [2.75, 3.05) is 0 Å². The molecule has 4 atom stereocenters. The van der Waals surface area contributed by atoms with Crippen molar-refractivity contribution in [3.05, 3.63) is 46.0 Å². The van der Waals surface area contributed by atoms with Crippen LogP contribution in [0.3, 0.4) is 0 Å². The Hall–Kier alpha value is -4.03. The second-order valence-electron chi connectivity index (χ2n) is 9.68. The fourth-order valence-corrected chi connectivity index (χ4v) is 5.50. The van der Waals surface area contributed by atoms with E-state index in [1.54, 1.807) is 6.07 Å². The number of phenols is 1. The van der Waals surface area contributed by atoms with E-state index in [2.05, 4.69) is 10.1 Å². The smallest absolute Gasteiger partial charge is 0.258 e. The summed E-state index contributed by atoms with van der Waals surface area (Å²) in [4.78, 5) is 42.5. The van der Waals surface area contributed by atoms with Gasteiger partial charge in [-0.15, -0.1) is 0 Å². The molecule has 0 spiro atoms. The van der Waals surface area contributed by atoms with Crippen LogP contribution in [0, 0.1) is 11.8 Å². The van der Waals surface area contributed by atoms with Crippen molar-refractivity contribution in [1.82, 2.24) is 10.1 Å². The van der Waals surface area contributed by atoms with Crippen LogP contribution in [0.25, 0.3) is 17.2 Å². The minimum absolute atomic E-state index is 0.0136. The van der Waals surface area contributed by atoms with Gasteiger partial charge >= 0.3 is 0 Å². The first-order valence-corrected chi connectivity index (χ1v) is 11.3. The predicted octanol–water partition coefficient (Wildman–Crippen LogP) is 0.535. The fraction of sp³-hybridized carbons (Fsp3) is 0.375. The number of rotatable bonds is 3. The van der Waals surface area contributed by atoms with Crippen LogP contribution in [-0.4, -0.2) is 59.7 Å². The van der Waals surface area contributed by atoms with Crippen LogP contribution in [0.5, 0.6) is 5.75 Å². The molecular weight excluding hydrogens is 472 g/mol. The van der Waals surface area contributed by atoms with Gasteiger partial charge in [0.2, 0.25) is 5.78 Å². The SMILES string of the molecule is CC(C)c1noc(-c2ccc(O)c3c2C[C@H]2C[C@H]4[C@@H](N)C(=O)C(C(N)=O)=C(O)[C@@]4(O)C(=O)C2=C3O)n1. The first kappa shape index (κ1) is 23.7. The molecule has 0 saturated heterocycles. The van der Waals surface area contributed by atoms with E-state index in [1.807, 2.05) is 13.8 Å². The van der Waals surface area contributed by atoms with E-state index in [-0.39, 0.29) is 41.5 Å². The molecule has 0 unspecified atom stereocenters. The largest absolute Gasteiger partial charge is 0.508 e. The third-order valence-corrected chi connectivity index (χ3v) is 7.32. The molecule has 2 aromatic rings. The maximum atomic E-state index is 13.6. The maximum Gasteiger partial charge on any atom is 0.258 e. The molecular formula is C24H24N4O8. The summed E-state index contributed by atoms with van der Waals surface area (Å²) >= 11 is 0. The molecule has 1 fully saturated rings. The molecule has 5 rings (SSSR count). The number of hydrogen-bond donors (Lipinski definition) is 6. The topological polar surface area (TPSA) is 223 Å². The number of ketones is 2. The Morgan fingerprint density at radius 3 is 2.53 bits per heavy atom. The quantitative estimate of drug-likeness (QED) is 0.321. The van der Waals surface area contributed by atoms with Crippen LogP contribution in [0.15, 0.2) is 33.6 Å². The highest BCUT2D eigenvalue weighted by Crippen LogP contribution is 2.52. The van der Waals surface area contributed by atoms with E-state index in [0.29, 0.717) is 17.0 Å². The number of aromatic nitrogens is 2. The van der Waals surface area contributed by atoms with E-state index < -0.39 is 58.0 Å². The Balaban J connectivity index is 1.70. The number of aliphatic hydroxyl groups excluding tert-OH is 2. The van der Waals surface area contributed by atoms with Crippen molar-refractivity contribution < 1.29 is 39.3 Å². The van der Waals surface area contributed by atoms with Crippen LogP contribution < -0.4 is 11.5 Å². The standard InChI is InChI=1S/C24H24N4O8/c1-7(2)22-27-23(36-28-22)9-3-4-12(29)14-10(9)5-8-6-11-16(25)18(31)15(21(26)34)20(33)24(11,35)19(32)13(8)17(14)30/h3-4,7-8,11,16,29-30,33,35H,5-6,25H2,1-2H3,(H2,26,34)/t8-,11-,16+,24-/m0/s1. The third-order valence-electron chi connectivity index (χ3n) is 7.32. The molecule has 8 N–H and O–H groups in total. The first-order valence-electron chi connectivity index (χ1n) is 11.3. The van der Waals surface area contributed by atoms with Crippen LogP contribution in [-0.2, 0) is 20.8 Å². The molecule has 36 heavy (non-hydrogen) atoms. The second kappa shape index (κ2) is 7.73. The molecule has 1 amide bonds. The molecule has 1 aromatic carbocycles. The van der Waals surface area contributed by atoms with Gasteiger partial charge < -0.3 is 36.4 Å². The van der Waals surface area contributed by atoms with E-state index >= 15 is 0 Å². The second-order valence-corrected chi connectivity index (χ2v) is 9.68. The zero-order chi connectivity index (χ0) is 26.3. The Kier molecular flexibility index (Phi) is 5.09. The molecule has 1 heterocycles. The van der Waals surface area contributed by atoms with Gasteiger partial charge in [0.15, 0.2) is 17.2 Å². The van der Waals surface area contributed by atoms with Crippen molar-refractivity contribution in [3.8, 4) is 17.2 Å². The van der Waals surface area contributed by atoms with Crippen molar-refractivity contribution in [1.29, 1.82) is 0 Å². The normalized spacial score (nSPS) is 27.8. The molecule has 0 bridgehead atoms. The monoisotopic (exact) mass is 496 g/mol. The van der Waals surface area contributed by atoms with Gasteiger partial charge in [-0.3, -0.25) is 14.4 Å². The minimum atomic E-state index is -2.75. The number of primary amides is 1. The summed E-state index contributed by atoms with van der Waals surface area (Å²) in [6.07, 6.45) is -0.00943. The van der Waals surface area contributed by atoms with Gasteiger partial charge in [-0.25, -0.2) is 0 Å². The van der Waals surface area contributed by atoms with E-state index in [9.17, 15) is 34.8 Å². The van der Waals surface area contributed by atoms with Gasteiger partial charge in [0.25, 0.3) is 11.8 Å². The number of Topliss-reactive ketones (excluding diaryl/α,β-unsaturated/α-hetero) is 2. The van der Waals surface area contributed by atoms with Crippen LogP contribution in [0.4, 0.5) is 0 Å². The Labute approximate surface area is 203 Å². The van der Waals surface area contributed by atoms with Crippen LogP contribution in [0.2, 0.25) is 0 Å². The summed E-state index contributed by atoms with van der Waals surface area (Å²) in [5, 5.41) is 47.8. The molecule has 12 heteroatoms. The number of fused-ring (bicyclic) bond motifs is 3. The highest BCUT2D eigenvalue weighted by molar-refractivity contribution is 6.24. The number of amides is 1. The summed E-state index contributed by atoms with van der Waals surface area (Å²) in [7, 11) is 0. The summed E-state index contributed by atoms with van der Waals surface area (Å²) in [5.41, 5.74) is 8.06. The van der Waals surface area contributed by atoms with Crippen molar-refractivity contribution >= 4 is 23.2 Å². The van der Waals surface area contributed by atoms with Crippen molar-refractivity contribution in [2.45, 2.75) is 44.2 Å².